The zero-order valence-electron chi connectivity index (χ0n) is 15.5. The summed E-state index contributed by atoms with van der Waals surface area (Å²) in [4.78, 5) is 12.1. The van der Waals surface area contributed by atoms with E-state index in [9.17, 15) is 20.1 Å². The van der Waals surface area contributed by atoms with Crippen molar-refractivity contribution < 1.29 is 25.2 Å². The fourth-order valence-electron chi connectivity index (χ4n) is 3.57. The van der Waals surface area contributed by atoms with Gasteiger partial charge >= 0.3 is 0 Å². The quantitative estimate of drug-likeness (QED) is 0.300. The van der Waals surface area contributed by atoms with Gasteiger partial charge < -0.3 is 20.4 Å². The van der Waals surface area contributed by atoms with Gasteiger partial charge in [-0.3, -0.25) is 4.79 Å². The highest BCUT2D eigenvalue weighted by atomic mass is 16.3. The van der Waals surface area contributed by atoms with E-state index in [1.807, 2.05) is 6.08 Å². The first-order valence-corrected chi connectivity index (χ1v) is 9.81. The minimum atomic E-state index is -0.646. The molecule has 1 aliphatic rings. The molecule has 0 aromatic carbocycles. The summed E-state index contributed by atoms with van der Waals surface area (Å²) in [6, 6.07) is 0. The lowest BCUT2D eigenvalue weighted by Gasteiger charge is -2.18. The molecule has 5 nitrogen and oxygen atoms in total. The van der Waals surface area contributed by atoms with Crippen LogP contribution in [0.2, 0.25) is 0 Å². The lowest BCUT2D eigenvalue weighted by atomic mass is 9.88. The second-order valence-corrected chi connectivity index (χ2v) is 7.43. The maximum Gasteiger partial charge on any atom is 0.139 e. The van der Waals surface area contributed by atoms with E-state index in [4.69, 9.17) is 5.11 Å². The highest BCUT2D eigenvalue weighted by molar-refractivity contribution is 5.84. The van der Waals surface area contributed by atoms with E-state index in [0.717, 1.165) is 44.9 Å². The van der Waals surface area contributed by atoms with Crippen molar-refractivity contribution in [1.82, 2.24) is 0 Å². The van der Waals surface area contributed by atoms with Gasteiger partial charge in [0.15, 0.2) is 0 Å². The molecule has 5 heteroatoms. The van der Waals surface area contributed by atoms with E-state index in [0.29, 0.717) is 12.8 Å². The van der Waals surface area contributed by atoms with Crippen LogP contribution in [0.15, 0.2) is 12.2 Å². The summed E-state index contributed by atoms with van der Waals surface area (Å²) < 4.78 is 0. The molecule has 5 atom stereocenters. The fourth-order valence-corrected chi connectivity index (χ4v) is 3.57. The maximum absolute atomic E-state index is 12.1. The van der Waals surface area contributed by atoms with Crippen molar-refractivity contribution in [2.24, 2.45) is 11.8 Å². The van der Waals surface area contributed by atoms with Gasteiger partial charge in [0.1, 0.15) is 5.78 Å². The number of hydrogen-bond donors (Lipinski definition) is 4. The lowest BCUT2D eigenvalue weighted by Crippen LogP contribution is -2.19. The summed E-state index contributed by atoms with van der Waals surface area (Å²) >= 11 is 0. The Morgan fingerprint density at radius 2 is 1.76 bits per heavy atom. The monoisotopic (exact) mass is 356 g/mol. The number of carbonyl (C=O) groups is 1. The Hall–Kier alpha value is -0.750. The molecule has 0 aromatic heterocycles. The van der Waals surface area contributed by atoms with E-state index >= 15 is 0 Å². The van der Waals surface area contributed by atoms with Crippen LogP contribution in [0.5, 0.6) is 0 Å². The summed E-state index contributed by atoms with van der Waals surface area (Å²) in [6.45, 7) is 1.97. The van der Waals surface area contributed by atoms with Crippen LogP contribution in [0.25, 0.3) is 0 Å². The summed E-state index contributed by atoms with van der Waals surface area (Å²) in [6.07, 6.45) is 9.79. The van der Waals surface area contributed by atoms with Crippen molar-refractivity contribution in [3.05, 3.63) is 12.2 Å². The smallest absolute Gasteiger partial charge is 0.139 e. The van der Waals surface area contributed by atoms with E-state index in [2.05, 4.69) is 0 Å². The third-order valence-electron chi connectivity index (χ3n) is 5.08. The van der Waals surface area contributed by atoms with Gasteiger partial charge in [0.25, 0.3) is 0 Å². The number of hydrogen-bond acceptors (Lipinski definition) is 5. The largest absolute Gasteiger partial charge is 0.396 e. The third kappa shape index (κ3) is 8.95. The summed E-state index contributed by atoms with van der Waals surface area (Å²) in [5.41, 5.74) is 0. The molecule has 25 heavy (non-hydrogen) atoms. The van der Waals surface area contributed by atoms with Crippen molar-refractivity contribution in [2.75, 3.05) is 6.61 Å². The lowest BCUT2D eigenvalue weighted by molar-refractivity contribution is -0.121. The van der Waals surface area contributed by atoms with E-state index in [1.165, 1.54) is 0 Å². The van der Waals surface area contributed by atoms with Crippen LogP contribution in [0.3, 0.4) is 0 Å². The Morgan fingerprint density at radius 3 is 2.44 bits per heavy atom. The first-order valence-electron chi connectivity index (χ1n) is 9.81. The van der Waals surface area contributed by atoms with Gasteiger partial charge in [-0.15, -0.1) is 0 Å². The first kappa shape index (κ1) is 22.3. The Kier molecular flexibility index (Phi) is 11.2. The minimum absolute atomic E-state index is 0.126. The molecule has 0 aliphatic heterocycles. The molecule has 1 saturated carbocycles. The van der Waals surface area contributed by atoms with Crippen LogP contribution in [0.4, 0.5) is 0 Å². The van der Waals surface area contributed by atoms with Crippen molar-refractivity contribution in [3.63, 3.8) is 0 Å². The standard InChI is InChI=1S/C20H36O5/c1-15(22)8-7-9-16(23)11-12-18-17(19(24)14-20(18)25)10-5-3-2-4-6-13-21/h11-12,15-18,20-23,25H,2-10,13-14H2,1H3/t15-,16+,17-,18-,20-/m1/s1. The number of aliphatic hydroxyl groups excluding tert-OH is 4. The molecule has 0 radical (unpaired) electrons. The zero-order chi connectivity index (χ0) is 18.7. The number of aliphatic hydroxyl groups is 4. The number of Topliss-reactive ketones (excluding diaryl/α,β-unsaturated/α-hetero) is 1. The van der Waals surface area contributed by atoms with Crippen molar-refractivity contribution in [3.8, 4) is 0 Å². The van der Waals surface area contributed by atoms with Crippen LogP contribution in [-0.4, -0.2) is 51.1 Å². The zero-order valence-corrected chi connectivity index (χ0v) is 15.5. The highest BCUT2D eigenvalue weighted by Gasteiger charge is 2.39. The average Bonchev–Trinajstić information content (AvgIpc) is 2.81. The molecule has 0 bridgehead atoms. The second-order valence-electron chi connectivity index (χ2n) is 7.43. The van der Waals surface area contributed by atoms with E-state index < -0.39 is 12.2 Å². The summed E-state index contributed by atoms with van der Waals surface area (Å²) in [5, 5.41) is 38.2. The van der Waals surface area contributed by atoms with Gasteiger partial charge in [-0.1, -0.05) is 37.8 Å². The molecule has 1 fully saturated rings. The van der Waals surface area contributed by atoms with Gasteiger partial charge in [0.05, 0.1) is 18.3 Å². The molecule has 0 aromatic rings. The molecule has 0 amide bonds. The number of rotatable bonds is 13. The van der Waals surface area contributed by atoms with Crippen molar-refractivity contribution in [1.29, 1.82) is 0 Å². The molecular weight excluding hydrogens is 320 g/mol. The molecule has 0 saturated heterocycles. The Morgan fingerprint density at radius 1 is 1.08 bits per heavy atom. The SMILES string of the molecule is C[C@@H](O)CCC[C@H](O)C=C[C@H]1[C@H](O)CC(=O)[C@@H]1CCCCCCCO. The van der Waals surface area contributed by atoms with Gasteiger partial charge in [-0.05, 0) is 39.0 Å². The van der Waals surface area contributed by atoms with Crippen LogP contribution in [0.1, 0.15) is 71.1 Å². The average molecular weight is 357 g/mol. The van der Waals surface area contributed by atoms with Gasteiger partial charge in [0.2, 0.25) is 0 Å². The predicted octanol–water partition coefficient (Wildman–Crippen LogP) is 2.35. The van der Waals surface area contributed by atoms with Gasteiger partial charge in [0, 0.05) is 24.9 Å². The highest BCUT2D eigenvalue weighted by Crippen LogP contribution is 2.34. The molecule has 0 spiro atoms. The molecule has 146 valence electrons. The maximum atomic E-state index is 12.1. The molecule has 1 rings (SSSR count). The number of carbonyl (C=O) groups excluding carboxylic acids is 1. The number of ketones is 1. The summed E-state index contributed by atoms with van der Waals surface area (Å²) in [7, 11) is 0. The topological polar surface area (TPSA) is 98.0 Å². The Balaban J connectivity index is 2.40. The summed E-state index contributed by atoms with van der Waals surface area (Å²) in [5.74, 6) is -0.216. The minimum Gasteiger partial charge on any atom is -0.396 e. The molecule has 0 heterocycles. The first-order chi connectivity index (χ1) is 12.0. The Labute approximate surface area is 151 Å². The van der Waals surface area contributed by atoms with Crippen LogP contribution >= 0.6 is 0 Å². The fraction of sp³-hybridized carbons (Fsp3) is 0.850. The van der Waals surface area contributed by atoms with Crippen LogP contribution in [-0.2, 0) is 4.79 Å². The Bertz CT molecular complexity index is 394. The van der Waals surface area contributed by atoms with Crippen LogP contribution in [0, 0.1) is 11.8 Å². The molecule has 4 N–H and O–H groups in total. The van der Waals surface area contributed by atoms with Gasteiger partial charge in [-0.25, -0.2) is 0 Å². The molecule has 0 unspecified atom stereocenters. The van der Waals surface area contributed by atoms with E-state index in [-0.39, 0.29) is 36.8 Å². The van der Waals surface area contributed by atoms with E-state index in [1.54, 1.807) is 13.0 Å². The third-order valence-corrected chi connectivity index (χ3v) is 5.08. The normalized spacial score (nSPS) is 26.4. The van der Waals surface area contributed by atoms with Crippen molar-refractivity contribution >= 4 is 5.78 Å². The van der Waals surface area contributed by atoms with Crippen LogP contribution < -0.4 is 0 Å². The molecular formula is C20H36O5. The number of unbranched alkanes of at least 4 members (excludes halogenated alkanes) is 4. The van der Waals surface area contributed by atoms with Crippen molar-refractivity contribution in [2.45, 2.75) is 89.4 Å². The molecule has 1 aliphatic carbocycles. The van der Waals surface area contributed by atoms with Gasteiger partial charge in [-0.2, -0.15) is 0 Å². The predicted molar refractivity (Wildman–Crippen MR) is 98.1 cm³/mol. The second kappa shape index (κ2) is 12.6.